The van der Waals surface area contributed by atoms with Crippen LogP contribution in [-0.4, -0.2) is 40.4 Å². The van der Waals surface area contributed by atoms with Crippen LogP contribution in [0.15, 0.2) is 12.5 Å². The summed E-state index contributed by atoms with van der Waals surface area (Å²) in [6.07, 6.45) is 5.59. The average Bonchev–Trinajstić information content (AvgIpc) is 2.76. The van der Waals surface area contributed by atoms with Gasteiger partial charge < -0.3 is 15.2 Å². The van der Waals surface area contributed by atoms with E-state index in [1.54, 1.807) is 12.5 Å². The Morgan fingerprint density at radius 2 is 2.47 bits per heavy atom. The Balaban J connectivity index is 2.08. The molecule has 0 saturated carbocycles. The van der Waals surface area contributed by atoms with E-state index in [-0.39, 0.29) is 11.9 Å². The third kappa shape index (κ3) is 2.66. The number of likely N-dealkylation sites (N-methyl/N-ethyl adjacent to an activating group) is 1. The Kier molecular flexibility index (Phi) is 3.78. The number of carbonyl (C=O) groups is 1. The SMILES string of the molecule is CNC1C(=O)N(Cc2cnc[nH]2)CCCC1C. The van der Waals surface area contributed by atoms with Crippen LogP contribution in [0.4, 0.5) is 0 Å². The lowest BCUT2D eigenvalue weighted by Crippen LogP contribution is -2.46. The second kappa shape index (κ2) is 5.31. The van der Waals surface area contributed by atoms with Gasteiger partial charge >= 0.3 is 0 Å². The second-order valence-corrected chi connectivity index (χ2v) is 4.72. The molecule has 1 saturated heterocycles. The minimum absolute atomic E-state index is 0.0552. The van der Waals surface area contributed by atoms with Crippen molar-refractivity contribution in [3.05, 3.63) is 18.2 Å². The van der Waals surface area contributed by atoms with Gasteiger partial charge in [-0.05, 0) is 25.8 Å². The van der Waals surface area contributed by atoms with Crippen LogP contribution in [0.3, 0.4) is 0 Å². The van der Waals surface area contributed by atoms with Gasteiger partial charge in [0.2, 0.25) is 5.91 Å². The maximum Gasteiger partial charge on any atom is 0.240 e. The summed E-state index contributed by atoms with van der Waals surface area (Å²) in [5.41, 5.74) is 0.989. The summed E-state index contributed by atoms with van der Waals surface area (Å²) in [7, 11) is 1.86. The molecule has 5 nitrogen and oxygen atoms in total. The largest absolute Gasteiger partial charge is 0.347 e. The van der Waals surface area contributed by atoms with Crippen LogP contribution in [-0.2, 0) is 11.3 Å². The Morgan fingerprint density at radius 3 is 3.12 bits per heavy atom. The molecule has 1 aromatic rings. The van der Waals surface area contributed by atoms with Crippen LogP contribution in [0, 0.1) is 5.92 Å². The van der Waals surface area contributed by atoms with Gasteiger partial charge in [0, 0.05) is 12.7 Å². The van der Waals surface area contributed by atoms with Gasteiger partial charge in [-0.25, -0.2) is 4.98 Å². The Morgan fingerprint density at radius 1 is 1.65 bits per heavy atom. The van der Waals surface area contributed by atoms with Gasteiger partial charge in [0.1, 0.15) is 0 Å². The zero-order valence-electron chi connectivity index (χ0n) is 10.4. The maximum absolute atomic E-state index is 12.3. The van der Waals surface area contributed by atoms with Crippen molar-refractivity contribution in [1.29, 1.82) is 0 Å². The molecule has 1 fully saturated rings. The average molecular weight is 236 g/mol. The molecule has 17 heavy (non-hydrogen) atoms. The predicted octanol–water partition coefficient (Wildman–Crippen LogP) is 0.756. The van der Waals surface area contributed by atoms with Gasteiger partial charge in [-0.2, -0.15) is 0 Å². The molecule has 2 atom stereocenters. The van der Waals surface area contributed by atoms with E-state index in [2.05, 4.69) is 22.2 Å². The first-order chi connectivity index (χ1) is 8.22. The number of imidazole rings is 1. The van der Waals surface area contributed by atoms with Crippen molar-refractivity contribution < 1.29 is 4.79 Å². The first-order valence-electron chi connectivity index (χ1n) is 6.15. The number of nitrogens with one attached hydrogen (secondary N) is 2. The number of rotatable bonds is 3. The topological polar surface area (TPSA) is 61.0 Å². The van der Waals surface area contributed by atoms with Crippen LogP contribution in [0.1, 0.15) is 25.5 Å². The summed E-state index contributed by atoms with van der Waals surface area (Å²) in [4.78, 5) is 21.3. The number of nitrogens with zero attached hydrogens (tertiary/aromatic N) is 2. The van der Waals surface area contributed by atoms with E-state index >= 15 is 0 Å². The summed E-state index contributed by atoms with van der Waals surface area (Å²) in [5.74, 6) is 0.603. The van der Waals surface area contributed by atoms with Crippen molar-refractivity contribution in [3.8, 4) is 0 Å². The third-order valence-corrected chi connectivity index (χ3v) is 3.46. The van der Waals surface area contributed by atoms with Crippen molar-refractivity contribution >= 4 is 5.91 Å². The number of H-pyrrole nitrogens is 1. The molecule has 2 rings (SSSR count). The van der Waals surface area contributed by atoms with Crippen LogP contribution in [0.2, 0.25) is 0 Å². The van der Waals surface area contributed by atoms with Gasteiger partial charge in [-0.3, -0.25) is 4.79 Å². The van der Waals surface area contributed by atoms with Crippen molar-refractivity contribution in [1.82, 2.24) is 20.2 Å². The van der Waals surface area contributed by atoms with E-state index in [0.717, 1.165) is 25.1 Å². The lowest BCUT2D eigenvalue weighted by atomic mass is 9.98. The van der Waals surface area contributed by atoms with Gasteiger partial charge in [-0.1, -0.05) is 6.92 Å². The van der Waals surface area contributed by atoms with Crippen LogP contribution in [0.25, 0.3) is 0 Å². The molecular weight excluding hydrogens is 216 g/mol. The van der Waals surface area contributed by atoms with Gasteiger partial charge in [0.15, 0.2) is 0 Å². The number of amides is 1. The summed E-state index contributed by atoms with van der Waals surface area (Å²) >= 11 is 0. The smallest absolute Gasteiger partial charge is 0.240 e. The van der Waals surface area contributed by atoms with Crippen molar-refractivity contribution in [2.45, 2.75) is 32.4 Å². The molecule has 2 heterocycles. The highest BCUT2D eigenvalue weighted by molar-refractivity contribution is 5.82. The molecule has 1 aliphatic rings. The maximum atomic E-state index is 12.3. The molecule has 2 N–H and O–H groups in total. The highest BCUT2D eigenvalue weighted by Gasteiger charge is 2.30. The molecular formula is C12H20N4O. The van der Waals surface area contributed by atoms with Gasteiger partial charge in [0.05, 0.1) is 24.6 Å². The minimum Gasteiger partial charge on any atom is -0.347 e. The van der Waals surface area contributed by atoms with Crippen LogP contribution < -0.4 is 5.32 Å². The normalized spacial score (nSPS) is 26.0. The van der Waals surface area contributed by atoms with E-state index in [4.69, 9.17) is 0 Å². The predicted molar refractivity (Wildman–Crippen MR) is 65.3 cm³/mol. The number of likely N-dealkylation sites (tertiary alicyclic amines) is 1. The minimum atomic E-state index is -0.0552. The monoisotopic (exact) mass is 236 g/mol. The number of carbonyl (C=O) groups excluding carboxylic acids is 1. The van der Waals surface area contributed by atoms with Gasteiger partial charge in [-0.15, -0.1) is 0 Å². The molecule has 0 radical (unpaired) electrons. The Labute approximate surface area is 102 Å². The Bertz CT molecular complexity index is 363. The fraction of sp³-hybridized carbons (Fsp3) is 0.667. The summed E-state index contributed by atoms with van der Waals surface area (Å²) in [6.45, 7) is 3.60. The molecule has 5 heteroatoms. The highest BCUT2D eigenvalue weighted by Crippen LogP contribution is 2.19. The van der Waals surface area contributed by atoms with Gasteiger partial charge in [0.25, 0.3) is 0 Å². The standard InChI is InChI=1S/C12H20N4O/c1-9-4-3-5-16(12(17)11(9)13-2)7-10-6-14-8-15-10/h6,8-9,11,13H,3-5,7H2,1-2H3,(H,14,15). The number of aromatic nitrogens is 2. The summed E-state index contributed by atoms with van der Waals surface area (Å²) in [6, 6.07) is -0.0552. The highest BCUT2D eigenvalue weighted by atomic mass is 16.2. The summed E-state index contributed by atoms with van der Waals surface area (Å²) < 4.78 is 0. The van der Waals surface area contributed by atoms with Crippen molar-refractivity contribution in [2.24, 2.45) is 5.92 Å². The van der Waals surface area contributed by atoms with E-state index < -0.39 is 0 Å². The molecule has 0 aromatic carbocycles. The first-order valence-corrected chi connectivity index (χ1v) is 6.15. The number of aromatic amines is 1. The molecule has 1 amide bonds. The lowest BCUT2D eigenvalue weighted by Gasteiger charge is -2.25. The molecule has 1 aliphatic heterocycles. The molecule has 2 unspecified atom stereocenters. The van der Waals surface area contributed by atoms with E-state index in [1.165, 1.54) is 0 Å². The first kappa shape index (κ1) is 12.1. The lowest BCUT2D eigenvalue weighted by molar-refractivity contribution is -0.134. The molecule has 0 spiro atoms. The zero-order chi connectivity index (χ0) is 12.3. The Hall–Kier alpha value is -1.36. The third-order valence-electron chi connectivity index (χ3n) is 3.46. The van der Waals surface area contributed by atoms with Crippen LogP contribution in [0.5, 0.6) is 0 Å². The number of hydrogen-bond donors (Lipinski definition) is 2. The van der Waals surface area contributed by atoms with Crippen LogP contribution >= 0.6 is 0 Å². The summed E-state index contributed by atoms with van der Waals surface area (Å²) in [5, 5.41) is 3.14. The number of hydrogen-bond acceptors (Lipinski definition) is 3. The molecule has 0 aliphatic carbocycles. The fourth-order valence-corrected chi connectivity index (χ4v) is 2.46. The second-order valence-electron chi connectivity index (χ2n) is 4.72. The molecule has 1 aromatic heterocycles. The van der Waals surface area contributed by atoms with Crippen molar-refractivity contribution in [3.63, 3.8) is 0 Å². The molecule has 94 valence electrons. The quantitative estimate of drug-likeness (QED) is 0.814. The fourth-order valence-electron chi connectivity index (χ4n) is 2.46. The van der Waals surface area contributed by atoms with E-state index in [0.29, 0.717) is 12.5 Å². The van der Waals surface area contributed by atoms with Crippen molar-refractivity contribution in [2.75, 3.05) is 13.6 Å². The molecule has 0 bridgehead atoms. The van der Waals surface area contributed by atoms with E-state index in [1.807, 2.05) is 11.9 Å². The zero-order valence-corrected chi connectivity index (χ0v) is 10.4. The van der Waals surface area contributed by atoms with E-state index in [9.17, 15) is 4.79 Å².